The van der Waals surface area contributed by atoms with Gasteiger partial charge in [0, 0.05) is 5.02 Å². The lowest BCUT2D eigenvalue weighted by molar-refractivity contribution is -0.115. The first-order valence-electron chi connectivity index (χ1n) is 5.81. The molecule has 0 unspecified atom stereocenters. The second kappa shape index (κ2) is 6.54. The molecular weight excluding hydrogens is 298 g/mol. The van der Waals surface area contributed by atoms with Gasteiger partial charge in [-0.05, 0) is 23.1 Å². The molecule has 0 aliphatic rings. The first-order valence-corrected chi connectivity index (χ1v) is 7.06. The Morgan fingerprint density at radius 3 is 2.75 bits per heavy atom. The molecule has 0 radical (unpaired) electrons. The van der Waals surface area contributed by atoms with Crippen molar-refractivity contribution in [3.05, 3.63) is 51.9 Å². The number of ether oxygens (including phenoxy) is 1. The second-order valence-electron chi connectivity index (χ2n) is 3.97. The molecule has 6 heteroatoms. The van der Waals surface area contributed by atoms with E-state index in [-0.39, 0.29) is 12.3 Å². The molecule has 1 aromatic heterocycles. The van der Waals surface area contributed by atoms with Crippen molar-refractivity contribution in [1.82, 2.24) is 0 Å². The lowest BCUT2D eigenvalue weighted by Gasteiger charge is -2.06. The maximum atomic E-state index is 12.0. The highest BCUT2D eigenvalue weighted by Gasteiger charge is 2.15. The SMILES string of the molecule is COC(=O)c1ccsc1NC(=O)Cc1ccccc1Cl. The third-order valence-electron chi connectivity index (χ3n) is 2.63. The van der Waals surface area contributed by atoms with Crippen LogP contribution in [0.1, 0.15) is 15.9 Å². The summed E-state index contributed by atoms with van der Waals surface area (Å²) in [7, 11) is 1.30. The molecule has 0 aliphatic carbocycles. The van der Waals surface area contributed by atoms with Crippen molar-refractivity contribution in [3.8, 4) is 0 Å². The first-order chi connectivity index (χ1) is 9.61. The van der Waals surface area contributed by atoms with E-state index < -0.39 is 5.97 Å². The second-order valence-corrected chi connectivity index (χ2v) is 5.29. The van der Waals surface area contributed by atoms with Crippen LogP contribution in [0.4, 0.5) is 5.00 Å². The van der Waals surface area contributed by atoms with Crippen LogP contribution in [-0.2, 0) is 16.0 Å². The number of hydrogen-bond acceptors (Lipinski definition) is 4. The third kappa shape index (κ3) is 3.37. The van der Waals surface area contributed by atoms with E-state index in [0.29, 0.717) is 15.6 Å². The van der Waals surface area contributed by atoms with Gasteiger partial charge >= 0.3 is 5.97 Å². The molecule has 1 heterocycles. The zero-order chi connectivity index (χ0) is 14.5. The van der Waals surface area contributed by atoms with Gasteiger partial charge in [0.15, 0.2) is 0 Å². The van der Waals surface area contributed by atoms with Crippen molar-refractivity contribution in [2.45, 2.75) is 6.42 Å². The van der Waals surface area contributed by atoms with Crippen LogP contribution in [0.3, 0.4) is 0 Å². The quantitative estimate of drug-likeness (QED) is 0.881. The Balaban J connectivity index is 2.08. The number of amides is 1. The minimum Gasteiger partial charge on any atom is -0.465 e. The standard InChI is InChI=1S/C14H12ClNO3S/c1-19-14(18)10-6-7-20-13(10)16-12(17)8-9-4-2-3-5-11(9)15/h2-7H,8H2,1H3,(H,16,17). The van der Waals surface area contributed by atoms with E-state index >= 15 is 0 Å². The fraction of sp³-hybridized carbons (Fsp3) is 0.143. The lowest BCUT2D eigenvalue weighted by Crippen LogP contribution is -2.16. The summed E-state index contributed by atoms with van der Waals surface area (Å²) in [6, 6.07) is 8.76. The summed E-state index contributed by atoms with van der Waals surface area (Å²) in [5, 5.41) is 5.45. The van der Waals surface area contributed by atoms with Crippen molar-refractivity contribution >= 4 is 39.8 Å². The van der Waals surface area contributed by atoms with Crippen molar-refractivity contribution in [1.29, 1.82) is 0 Å². The Kier molecular flexibility index (Phi) is 4.76. The Morgan fingerprint density at radius 2 is 2.05 bits per heavy atom. The predicted molar refractivity (Wildman–Crippen MR) is 79.4 cm³/mol. The third-order valence-corrected chi connectivity index (χ3v) is 3.83. The van der Waals surface area contributed by atoms with Gasteiger partial charge in [-0.25, -0.2) is 4.79 Å². The minimum atomic E-state index is -0.473. The molecule has 0 saturated heterocycles. The van der Waals surface area contributed by atoms with E-state index in [2.05, 4.69) is 10.1 Å². The summed E-state index contributed by atoms with van der Waals surface area (Å²) < 4.78 is 4.65. The summed E-state index contributed by atoms with van der Waals surface area (Å²) >= 11 is 7.27. The number of thiophene rings is 1. The molecule has 0 spiro atoms. The van der Waals surface area contributed by atoms with Crippen molar-refractivity contribution in [3.63, 3.8) is 0 Å². The fourth-order valence-corrected chi connectivity index (χ4v) is 2.66. The van der Waals surface area contributed by atoms with Gasteiger partial charge in [0.2, 0.25) is 5.91 Å². The number of rotatable bonds is 4. The van der Waals surface area contributed by atoms with Crippen LogP contribution in [0, 0.1) is 0 Å². The van der Waals surface area contributed by atoms with Crippen LogP contribution in [0.15, 0.2) is 35.7 Å². The first kappa shape index (κ1) is 14.6. The summed E-state index contributed by atoms with van der Waals surface area (Å²) in [6.07, 6.45) is 0.151. The topological polar surface area (TPSA) is 55.4 Å². The molecule has 2 rings (SSSR count). The monoisotopic (exact) mass is 309 g/mol. The van der Waals surface area contributed by atoms with E-state index in [4.69, 9.17) is 11.6 Å². The van der Waals surface area contributed by atoms with Gasteiger partial charge < -0.3 is 10.1 Å². The molecular formula is C14H12ClNO3S. The molecule has 1 aromatic carbocycles. The number of methoxy groups -OCH3 is 1. The molecule has 0 atom stereocenters. The Labute approximate surface area is 125 Å². The summed E-state index contributed by atoms with van der Waals surface area (Å²) in [5.74, 6) is -0.704. The highest BCUT2D eigenvalue weighted by Crippen LogP contribution is 2.24. The summed E-state index contributed by atoms with van der Waals surface area (Å²) in [6.45, 7) is 0. The van der Waals surface area contributed by atoms with Gasteiger partial charge in [-0.3, -0.25) is 4.79 Å². The number of hydrogen-bond donors (Lipinski definition) is 1. The highest BCUT2D eigenvalue weighted by molar-refractivity contribution is 7.14. The average Bonchev–Trinajstić information content (AvgIpc) is 2.88. The molecule has 0 aliphatic heterocycles. The minimum absolute atomic E-state index is 0.151. The van der Waals surface area contributed by atoms with Gasteiger partial charge in [0.25, 0.3) is 0 Å². The highest BCUT2D eigenvalue weighted by atomic mass is 35.5. The Bertz CT molecular complexity index is 639. The van der Waals surface area contributed by atoms with E-state index in [1.54, 1.807) is 29.6 Å². The largest absolute Gasteiger partial charge is 0.465 e. The van der Waals surface area contributed by atoms with Gasteiger partial charge in [-0.2, -0.15) is 0 Å². The molecule has 4 nitrogen and oxygen atoms in total. The molecule has 1 N–H and O–H groups in total. The number of carbonyl (C=O) groups is 2. The van der Waals surface area contributed by atoms with Crippen molar-refractivity contribution in [2.75, 3.05) is 12.4 Å². The van der Waals surface area contributed by atoms with Crippen molar-refractivity contribution in [2.24, 2.45) is 0 Å². The van der Waals surface area contributed by atoms with E-state index in [1.807, 2.05) is 6.07 Å². The number of esters is 1. The predicted octanol–water partition coefficient (Wildman–Crippen LogP) is 3.37. The smallest absolute Gasteiger partial charge is 0.340 e. The normalized spacial score (nSPS) is 10.1. The summed E-state index contributed by atoms with van der Waals surface area (Å²) in [4.78, 5) is 23.5. The van der Waals surface area contributed by atoms with Crippen LogP contribution < -0.4 is 5.32 Å². The Hall–Kier alpha value is -1.85. The zero-order valence-corrected chi connectivity index (χ0v) is 12.3. The number of nitrogens with one attached hydrogen (secondary N) is 1. The number of benzene rings is 1. The summed E-state index contributed by atoms with van der Waals surface area (Å²) in [5.41, 5.74) is 1.09. The van der Waals surface area contributed by atoms with Gasteiger partial charge in [0.1, 0.15) is 5.00 Å². The van der Waals surface area contributed by atoms with Gasteiger partial charge in [0.05, 0.1) is 19.1 Å². The Morgan fingerprint density at radius 1 is 1.30 bits per heavy atom. The maximum absolute atomic E-state index is 12.0. The molecule has 1 amide bonds. The number of carbonyl (C=O) groups excluding carboxylic acids is 2. The number of anilines is 1. The molecule has 0 fully saturated rings. The van der Waals surface area contributed by atoms with Gasteiger partial charge in [-0.1, -0.05) is 29.8 Å². The van der Waals surface area contributed by atoms with Crippen LogP contribution >= 0.6 is 22.9 Å². The van der Waals surface area contributed by atoms with Gasteiger partial charge in [-0.15, -0.1) is 11.3 Å². The van der Waals surface area contributed by atoms with Crippen LogP contribution in [0.25, 0.3) is 0 Å². The van der Waals surface area contributed by atoms with Crippen molar-refractivity contribution < 1.29 is 14.3 Å². The molecule has 20 heavy (non-hydrogen) atoms. The van der Waals surface area contributed by atoms with Crippen LogP contribution in [-0.4, -0.2) is 19.0 Å². The maximum Gasteiger partial charge on any atom is 0.340 e. The lowest BCUT2D eigenvalue weighted by atomic mass is 10.1. The molecule has 2 aromatic rings. The molecule has 0 saturated carbocycles. The average molecular weight is 310 g/mol. The van der Waals surface area contributed by atoms with E-state index in [1.165, 1.54) is 18.4 Å². The van der Waals surface area contributed by atoms with E-state index in [9.17, 15) is 9.59 Å². The fourth-order valence-electron chi connectivity index (χ4n) is 1.66. The van der Waals surface area contributed by atoms with E-state index in [0.717, 1.165) is 5.56 Å². The molecule has 0 bridgehead atoms. The zero-order valence-electron chi connectivity index (χ0n) is 10.7. The van der Waals surface area contributed by atoms with Crippen LogP contribution in [0.5, 0.6) is 0 Å². The van der Waals surface area contributed by atoms with Crippen LogP contribution in [0.2, 0.25) is 5.02 Å². The molecule has 104 valence electrons. The number of halogens is 1.